The molecule has 0 saturated carbocycles. The number of halogens is 4. The highest BCUT2D eigenvalue weighted by Crippen LogP contribution is 2.32. The van der Waals surface area contributed by atoms with Gasteiger partial charge in [-0.1, -0.05) is 18.2 Å². The largest absolute Gasteiger partial charge is 0.416 e. The van der Waals surface area contributed by atoms with Crippen LogP contribution in [-0.2, 0) is 17.4 Å². The average Bonchev–Trinajstić information content (AvgIpc) is 2.38. The summed E-state index contributed by atoms with van der Waals surface area (Å²) in [6.45, 7) is 3.78. The van der Waals surface area contributed by atoms with Gasteiger partial charge in [-0.15, -0.1) is 12.4 Å². The zero-order chi connectivity index (χ0) is 14.8. The molecule has 1 atom stereocenters. The van der Waals surface area contributed by atoms with Crippen LogP contribution in [0.3, 0.4) is 0 Å². The molecule has 1 aliphatic rings. The van der Waals surface area contributed by atoms with Crippen molar-refractivity contribution in [3.8, 4) is 0 Å². The van der Waals surface area contributed by atoms with E-state index >= 15 is 0 Å². The minimum atomic E-state index is -4.42. The lowest BCUT2D eigenvalue weighted by Crippen LogP contribution is -2.52. The molecule has 1 saturated heterocycles. The van der Waals surface area contributed by atoms with Crippen LogP contribution in [0.4, 0.5) is 13.2 Å². The number of nitrogens with one attached hydrogen (secondary N) is 1. The predicted molar refractivity (Wildman–Crippen MR) is 76.4 cm³/mol. The third kappa shape index (κ3) is 4.35. The highest BCUT2D eigenvalue weighted by molar-refractivity contribution is 5.85. The summed E-state index contributed by atoms with van der Waals surface area (Å²) in [4.78, 5) is 13.8. The number of amides is 1. The second-order valence-electron chi connectivity index (χ2n) is 4.97. The van der Waals surface area contributed by atoms with Gasteiger partial charge >= 0.3 is 6.18 Å². The van der Waals surface area contributed by atoms with Crippen molar-refractivity contribution >= 4 is 18.3 Å². The van der Waals surface area contributed by atoms with Crippen molar-refractivity contribution in [3.05, 3.63) is 35.4 Å². The van der Waals surface area contributed by atoms with Gasteiger partial charge in [-0.2, -0.15) is 13.2 Å². The van der Waals surface area contributed by atoms with Crippen molar-refractivity contribution in [2.75, 3.05) is 19.6 Å². The molecular formula is C14H18ClF3N2O. The topological polar surface area (TPSA) is 32.3 Å². The Labute approximate surface area is 127 Å². The molecule has 1 aliphatic heterocycles. The molecule has 118 valence electrons. The number of nitrogens with zero attached hydrogens (tertiary/aromatic N) is 1. The quantitative estimate of drug-likeness (QED) is 0.907. The van der Waals surface area contributed by atoms with Crippen LogP contribution in [0.5, 0.6) is 0 Å². The van der Waals surface area contributed by atoms with E-state index in [1.165, 1.54) is 18.2 Å². The molecule has 0 radical (unpaired) electrons. The summed E-state index contributed by atoms with van der Waals surface area (Å²) < 4.78 is 38.6. The van der Waals surface area contributed by atoms with Crippen LogP contribution >= 0.6 is 12.4 Å². The third-order valence-corrected chi connectivity index (χ3v) is 3.49. The fraction of sp³-hybridized carbons (Fsp3) is 0.500. The Morgan fingerprint density at radius 2 is 2.05 bits per heavy atom. The summed E-state index contributed by atoms with van der Waals surface area (Å²) in [5, 5.41) is 3.14. The van der Waals surface area contributed by atoms with Crippen LogP contribution in [0, 0.1) is 0 Å². The molecule has 1 aromatic carbocycles. The molecule has 0 unspecified atom stereocenters. The Hall–Kier alpha value is -1.27. The highest BCUT2D eigenvalue weighted by Gasteiger charge is 2.34. The zero-order valence-electron chi connectivity index (χ0n) is 11.6. The highest BCUT2D eigenvalue weighted by atomic mass is 35.5. The summed E-state index contributed by atoms with van der Waals surface area (Å²) in [7, 11) is 0. The van der Waals surface area contributed by atoms with Crippen molar-refractivity contribution in [1.82, 2.24) is 10.2 Å². The van der Waals surface area contributed by atoms with E-state index in [1.54, 1.807) is 4.90 Å². The average molecular weight is 323 g/mol. The molecule has 21 heavy (non-hydrogen) atoms. The molecule has 0 spiro atoms. The molecule has 0 aromatic heterocycles. The standard InChI is InChI=1S/C14H17F3N2O.ClH/c1-10-9-18-6-7-19(10)13(20)8-11-4-2-3-5-12(11)14(15,16)17;/h2-5,10,18H,6-9H2,1H3;1H/t10-;/m1./s1. The van der Waals surface area contributed by atoms with Crippen LogP contribution in [-0.4, -0.2) is 36.5 Å². The maximum atomic E-state index is 12.9. The van der Waals surface area contributed by atoms with Gasteiger partial charge in [0.2, 0.25) is 5.91 Å². The maximum absolute atomic E-state index is 12.9. The normalized spacial score (nSPS) is 19.0. The van der Waals surface area contributed by atoms with Gasteiger partial charge in [0, 0.05) is 25.7 Å². The Morgan fingerprint density at radius 1 is 1.38 bits per heavy atom. The third-order valence-electron chi connectivity index (χ3n) is 3.49. The van der Waals surface area contributed by atoms with Crippen molar-refractivity contribution < 1.29 is 18.0 Å². The number of hydrogen-bond donors (Lipinski definition) is 1. The molecular weight excluding hydrogens is 305 g/mol. The number of carbonyl (C=O) groups is 1. The second-order valence-corrected chi connectivity index (χ2v) is 4.97. The lowest BCUT2D eigenvalue weighted by atomic mass is 10.0. The van der Waals surface area contributed by atoms with E-state index in [4.69, 9.17) is 0 Å². The summed E-state index contributed by atoms with van der Waals surface area (Å²) in [5.74, 6) is -0.254. The Morgan fingerprint density at radius 3 is 2.67 bits per heavy atom. The van der Waals surface area contributed by atoms with Crippen LogP contribution in [0.1, 0.15) is 18.1 Å². The maximum Gasteiger partial charge on any atom is 0.416 e. The Bertz CT molecular complexity index is 493. The van der Waals surface area contributed by atoms with Gasteiger partial charge < -0.3 is 10.2 Å². The van der Waals surface area contributed by atoms with Crippen LogP contribution in [0.15, 0.2) is 24.3 Å². The van der Waals surface area contributed by atoms with Gasteiger partial charge in [-0.25, -0.2) is 0 Å². The van der Waals surface area contributed by atoms with Gasteiger partial charge in [0.05, 0.1) is 12.0 Å². The molecule has 0 aliphatic carbocycles. The van der Waals surface area contributed by atoms with Gasteiger partial charge in [0.15, 0.2) is 0 Å². The fourth-order valence-electron chi connectivity index (χ4n) is 2.43. The zero-order valence-corrected chi connectivity index (χ0v) is 12.4. The van der Waals surface area contributed by atoms with Crippen LogP contribution < -0.4 is 5.32 Å². The SMILES string of the molecule is C[C@@H]1CNCCN1C(=O)Cc1ccccc1C(F)(F)F.Cl. The first-order valence-electron chi connectivity index (χ1n) is 6.55. The molecule has 0 bridgehead atoms. The minimum absolute atomic E-state index is 0. The van der Waals surface area contributed by atoms with Crippen molar-refractivity contribution in [1.29, 1.82) is 0 Å². The number of carbonyl (C=O) groups excluding carboxylic acids is 1. The van der Waals surface area contributed by atoms with Crippen LogP contribution in [0.2, 0.25) is 0 Å². The van der Waals surface area contributed by atoms with Crippen molar-refractivity contribution in [2.24, 2.45) is 0 Å². The van der Waals surface area contributed by atoms with Gasteiger partial charge in [-0.05, 0) is 18.6 Å². The lowest BCUT2D eigenvalue weighted by molar-refractivity contribution is -0.139. The predicted octanol–water partition coefficient (Wildman–Crippen LogP) is 2.49. The number of alkyl halides is 3. The minimum Gasteiger partial charge on any atom is -0.337 e. The monoisotopic (exact) mass is 322 g/mol. The summed E-state index contributed by atoms with van der Waals surface area (Å²) in [6.07, 6.45) is -4.63. The van der Waals surface area contributed by atoms with E-state index in [0.717, 1.165) is 6.07 Å². The first kappa shape index (κ1) is 17.8. The molecule has 1 heterocycles. The van der Waals surface area contributed by atoms with E-state index in [2.05, 4.69) is 5.32 Å². The lowest BCUT2D eigenvalue weighted by Gasteiger charge is -2.34. The van der Waals surface area contributed by atoms with E-state index < -0.39 is 11.7 Å². The molecule has 2 rings (SSSR count). The second kappa shape index (κ2) is 7.13. The molecule has 1 amide bonds. The molecule has 1 N–H and O–H groups in total. The van der Waals surface area contributed by atoms with Gasteiger partial charge in [-0.3, -0.25) is 4.79 Å². The van der Waals surface area contributed by atoms with Crippen molar-refractivity contribution in [3.63, 3.8) is 0 Å². The number of piperazine rings is 1. The Balaban J connectivity index is 0.00000220. The van der Waals surface area contributed by atoms with Crippen LogP contribution in [0.25, 0.3) is 0 Å². The number of benzene rings is 1. The van der Waals surface area contributed by atoms with E-state index in [9.17, 15) is 18.0 Å². The fourth-order valence-corrected chi connectivity index (χ4v) is 2.43. The number of hydrogen-bond acceptors (Lipinski definition) is 2. The van der Waals surface area contributed by atoms with Gasteiger partial charge in [0.1, 0.15) is 0 Å². The van der Waals surface area contributed by atoms with E-state index in [-0.39, 0.29) is 36.3 Å². The molecule has 1 aromatic rings. The first-order chi connectivity index (χ1) is 9.39. The van der Waals surface area contributed by atoms with Gasteiger partial charge in [0.25, 0.3) is 0 Å². The summed E-state index contributed by atoms with van der Waals surface area (Å²) in [6, 6.07) is 5.26. The summed E-state index contributed by atoms with van der Waals surface area (Å²) in [5.41, 5.74) is -0.688. The van der Waals surface area contributed by atoms with E-state index in [1.807, 2.05) is 6.92 Å². The number of rotatable bonds is 2. The molecule has 1 fully saturated rings. The smallest absolute Gasteiger partial charge is 0.337 e. The van der Waals surface area contributed by atoms with Crippen molar-refractivity contribution in [2.45, 2.75) is 25.6 Å². The van der Waals surface area contributed by atoms with E-state index in [0.29, 0.717) is 19.6 Å². The molecule has 7 heteroatoms. The summed E-state index contributed by atoms with van der Waals surface area (Å²) >= 11 is 0. The first-order valence-corrected chi connectivity index (χ1v) is 6.55. The Kier molecular flexibility index (Phi) is 6.04. The molecule has 3 nitrogen and oxygen atoms in total.